The molecule has 4 heteroatoms. The molecule has 0 unspecified atom stereocenters. The first kappa shape index (κ1) is 13.5. The molecule has 4 N–H and O–H groups in total. The average molecular weight is 270 g/mol. The molecule has 0 heterocycles. The minimum absolute atomic E-state index is 0.0880. The second-order valence-electron chi connectivity index (χ2n) is 4.17. The highest BCUT2D eigenvalue weighted by atomic mass is 16.3. The third kappa shape index (κ3) is 3.11. The van der Waals surface area contributed by atoms with Gasteiger partial charge in [-0.1, -0.05) is 30.3 Å². The van der Waals surface area contributed by atoms with Crippen LogP contribution in [0.2, 0.25) is 0 Å². The summed E-state index contributed by atoms with van der Waals surface area (Å²) in [5.74, 6) is 0.571. The topological polar surface area (TPSA) is 80.9 Å². The van der Waals surface area contributed by atoms with Crippen LogP contribution in [-0.4, -0.2) is 20.4 Å². The van der Waals surface area contributed by atoms with Crippen molar-refractivity contribution in [3.8, 4) is 23.0 Å². The van der Waals surface area contributed by atoms with Gasteiger partial charge in [0.2, 0.25) is 0 Å². The first-order valence-electron chi connectivity index (χ1n) is 5.95. The van der Waals surface area contributed by atoms with Gasteiger partial charge in [-0.05, 0) is 24.3 Å². The Morgan fingerprint density at radius 1 is 0.500 bits per heavy atom. The predicted octanol–water partition coefficient (Wildman–Crippen LogP) is 3.35. The third-order valence-corrected chi connectivity index (χ3v) is 2.71. The molecule has 0 aromatic heterocycles. The number of phenolic OH excluding ortho intramolecular Hbond substituents is 4. The number of rotatable bonds is 0. The van der Waals surface area contributed by atoms with Crippen LogP contribution in [0.15, 0.2) is 60.7 Å². The zero-order valence-corrected chi connectivity index (χ0v) is 10.6. The molecule has 0 amide bonds. The van der Waals surface area contributed by atoms with E-state index in [9.17, 15) is 10.2 Å². The summed E-state index contributed by atoms with van der Waals surface area (Å²) in [7, 11) is 0. The Balaban J connectivity index is 0.000000160. The van der Waals surface area contributed by atoms with Crippen molar-refractivity contribution in [3.05, 3.63) is 60.7 Å². The number of benzene rings is 3. The fourth-order valence-electron chi connectivity index (χ4n) is 1.77. The van der Waals surface area contributed by atoms with Gasteiger partial charge < -0.3 is 20.4 Å². The molecule has 0 saturated carbocycles. The van der Waals surface area contributed by atoms with E-state index in [-0.39, 0.29) is 23.0 Å². The van der Waals surface area contributed by atoms with Gasteiger partial charge in [0.15, 0.2) is 0 Å². The van der Waals surface area contributed by atoms with Gasteiger partial charge in [-0.3, -0.25) is 0 Å². The minimum atomic E-state index is 0.0880. The smallest absolute Gasteiger partial charge is 0.123 e. The normalized spacial score (nSPS) is 9.80. The monoisotopic (exact) mass is 270 g/mol. The van der Waals surface area contributed by atoms with E-state index in [1.807, 2.05) is 0 Å². The lowest BCUT2D eigenvalue weighted by Gasteiger charge is -2.01. The van der Waals surface area contributed by atoms with Crippen LogP contribution in [0.25, 0.3) is 10.8 Å². The Morgan fingerprint density at radius 2 is 0.900 bits per heavy atom. The first-order valence-corrected chi connectivity index (χ1v) is 5.95. The summed E-state index contributed by atoms with van der Waals surface area (Å²) < 4.78 is 0. The molecule has 0 radical (unpaired) electrons. The van der Waals surface area contributed by atoms with Crippen molar-refractivity contribution >= 4 is 10.8 Å². The summed E-state index contributed by atoms with van der Waals surface area (Å²) >= 11 is 0. The van der Waals surface area contributed by atoms with Gasteiger partial charge in [0.25, 0.3) is 0 Å². The Bertz CT molecular complexity index is 664. The molecule has 0 fully saturated rings. The maximum Gasteiger partial charge on any atom is 0.123 e. The molecular formula is C16H14O4. The lowest BCUT2D eigenvalue weighted by Crippen LogP contribution is -1.73. The SMILES string of the molecule is Oc1cccc(O)c1.Oc1cccc2c(O)cccc12. The van der Waals surface area contributed by atoms with Crippen molar-refractivity contribution in [2.45, 2.75) is 0 Å². The van der Waals surface area contributed by atoms with Crippen LogP contribution in [0.3, 0.4) is 0 Å². The molecule has 0 spiro atoms. The van der Waals surface area contributed by atoms with Crippen LogP contribution in [0.1, 0.15) is 0 Å². The van der Waals surface area contributed by atoms with Crippen molar-refractivity contribution in [2.24, 2.45) is 0 Å². The molecule has 0 aliphatic rings. The van der Waals surface area contributed by atoms with E-state index in [0.717, 1.165) is 0 Å². The largest absolute Gasteiger partial charge is 0.508 e. The van der Waals surface area contributed by atoms with E-state index >= 15 is 0 Å². The second kappa shape index (κ2) is 5.84. The highest BCUT2D eigenvalue weighted by molar-refractivity contribution is 5.92. The van der Waals surface area contributed by atoms with Crippen LogP contribution in [-0.2, 0) is 0 Å². The molecular weight excluding hydrogens is 256 g/mol. The number of fused-ring (bicyclic) bond motifs is 1. The lowest BCUT2D eigenvalue weighted by atomic mass is 10.1. The van der Waals surface area contributed by atoms with Gasteiger partial charge in [-0.15, -0.1) is 0 Å². The van der Waals surface area contributed by atoms with Crippen molar-refractivity contribution in [1.82, 2.24) is 0 Å². The molecule has 0 aliphatic carbocycles. The molecule has 0 aliphatic heterocycles. The Kier molecular flexibility index (Phi) is 3.96. The van der Waals surface area contributed by atoms with Crippen molar-refractivity contribution in [3.63, 3.8) is 0 Å². The number of hydrogen-bond acceptors (Lipinski definition) is 4. The maximum absolute atomic E-state index is 9.38. The van der Waals surface area contributed by atoms with Gasteiger partial charge >= 0.3 is 0 Å². The van der Waals surface area contributed by atoms with Crippen LogP contribution < -0.4 is 0 Å². The number of hydrogen-bond donors (Lipinski definition) is 4. The molecule has 3 aromatic rings. The minimum Gasteiger partial charge on any atom is -0.508 e. The lowest BCUT2D eigenvalue weighted by molar-refractivity contribution is 0.450. The summed E-state index contributed by atoms with van der Waals surface area (Å²) in [5, 5.41) is 37.4. The Morgan fingerprint density at radius 3 is 1.25 bits per heavy atom. The molecule has 20 heavy (non-hydrogen) atoms. The average Bonchev–Trinajstić information content (AvgIpc) is 2.41. The third-order valence-electron chi connectivity index (χ3n) is 2.71. The standard InChI is InChI=1S/C10H8O2.C6H6O2/c11-9-5-1-3-7-8(9)4-2-6-10(7)12;7-5-2-1-3-6(8)4-5/h1-6,11-12H;1-4,7-8H. The Hall–Kier alpha value is -2.88. The van der Waals surface area contributed by atoms with Gasteiger partial charge in [-0.25, -0.2) is 0 Å². The number of phenols is 4. The summed E-state index contributed by atoms with van der Waals surface area (Å²) in [5.41, 5.74) is 0. The van der Waals surface area contributed by atoms with Crippen molar-refractivity contribution in [2.75, 3.05) is 0 Å². The van der Waals surface area contributed by atoms with E-state index in [1.165, 1.54) is 18.2 Å². The van der Waals surface area contributed by atoms with Gasteiger partial charge in [0.1, 0.15) is 23.0 Å². The quantitative estimate of drug-likeness (QED) is 0.505. The molecule has 0 bridgehead atoms. The fraction of sp³-hybridized carbons (Fsp3) is 0. The van der Waals surface area contributed by atoms with Gasteiger partial charge in [-0.2, -0.15) is 0 Å². The van der Waals surface area contributed by atoms with E-state index in [2.05, 4.69) is 0 Å². The Labute approximate surface area is 115 Å². The molecule has 0 saturated heterocycles. The van der Waals surface area contributed by atoms with E-state index in [4.69, 9.17) is 10.2 Å². The van der Waals surface area contributed by atoms with E-state index in [1.54, 1.807) is 42.5 Å². The summed E-state index contributed by atoms with van der Waals surface area (Å²) in [6, 6.07) is 16.0. The molecule has 102 valence electrons. The zero-order valence-electron chi connectivity index (χ0n) is 10.6. The fourth-order valence-corrected chi connectivity index (χ4v) is 1.77. The van der Waals surface area contributed by atoms with Crippen molar-refractivity contribution < 1.29 is 20.4 Å². The summed E-state index contributed by atoms with van der Waals surface area (Å²) in [4.78, 5) is 0. The van der Waals surface area contributed by atoms with Crippen LogP contribution in [0.5, 0.6) is 23.0 Å². The van der Waals surface area contributed by atoms with Gasteiger partial charge in [0.05, 0.1) is 0 Å². The molecule has 3 rings (SSSR count). The first-order chi connectivity index (χ1) is 9.58. The van der Waals surface area contributed by atoms with Crippen LogP contribution in [0, 0.1) is 0 Å². The summed E-state index contributed by atoms with van der Waals surface area (Å²) in [6.07, 6.45) is 0. The second-order valence-corrected chi connectivity index (χ2v) is 4.17. The predicted molar refractivity (Wildman–Crippen MR) is 77.0 cm³/mol. The zero-order chi connectivity index (χ0) is 14.5. The summed E-state index contributed by atoms with van der Waals surface area (Å²) in [6.45, 7) is 0. The van der Waals surface area contributed by atoms with Crippen LogP contribution in [0.4, 0.5) is 0 Å². The molecule has 4 nitrogen and oxygen atoms in total. The highest BCUT2D eigenvalue weighted by Gasteiger charge is 2.00. The highest BCUT2D eigenvalue weighted by Crippen LogP contribution is 2.29. The maximum atomic E-state index is 9.38. The van der Waals surface area contributed by atoms with Crippen molar-refractivity contribution in [1.29, 1.82) is 0 Å². The van der Waals surface area contributed by atoms with E-state index < -0.39 is 0 Å². The number of aromatic hydroxyl groups is 4. The van der Waals surface area contributed by atoms with Crippen LogP contribution >= 0.6 is 0 Å². The molecule has 3 aromatic carbocycles. The molecule has 0 atom stereocenters. The van der Waals surface area contributed by atoms with E-state index in [0.29, 0.717) is 10.8 Å². The van der Waals surface area contributed by atoms with Gasteiger partial charge in [0, 0.05) is 16.8 Å².